The molecule has 1 fully saturated rings. The molecule has 8 heteroatoms. The Balaban J connectivity index is 1.64. The first-order valence-electron chi connectivity index (χ1n) is 11.0. The number of aromatic nitrogens is 4. The summed E-state index contributed by atoms with van der Waals surface area (Å²) in [6.07, 6.45) is 17.7. The fraction of sp³-hybridized carbons (Fsp3) is 0.500. The maximum atomic E-state index is 8.72. The van der Waals surface area contributed by atoms with Gasteiger partial charge >= 0.3 is 0 Å². The van der Waals surface area contributed by atoms with Crippen molar-refractivity contribution in [3.63, 3.8) is 0 Å². The number of fused-ring (bicyclic) bond motifs is 1. The lowest BCUT2D eigenvalue weighted by atomic mass is 10.0. The number of nitrogens with zero attached hydrogens (tertiary/aromatic N) is 6. The molecule has 5 rings (SSSR count). The van der Waals surface area contributed by atoms with Gasteiger partial charge < -0.3 is 4.90 Å². The zero-order valence-corrected chi connectivity index (χ0v) is 17.4. The van der Waals surface area contributed by atoms with Gasteiger partial charge in [0.1, 0.15) is 17.3 Å². The number of allylic oxidation sites excluding steroid dienone is 2. The van der Waals surface area contributed by atoms with Crippen LogP contribution < -0.4 is 9.80 Å². The van der Waals surface area contributed by atoms with E-state index < -0.39 is 0 Å². The van der Waals surface area contributed by atoms with Crippen LogP contribution in [0.5, 0.6) is 0 Å². The van der Waals surface area contributed by atoms with E-state index in [1.807, 2.05) is 10.8 Å². The molecule has 1 unspecified atom stereocenters. The van der Waals surface area contributed by atoms with E-state index in [1.54, 1.807) is 17.3 Å². The van der Waals surface area contributed by atoms with Gasteiger partial charge in [-0.05, 0) is 44.1 Å². The summed E-state index contributed by atoms with van der Waals surface area (Å²) in [6, 6.07) is 0.300. The van der Waals surface area contributed by atoms with Crippen molar-refractivity contribution in [2.24, 2.45) is 0 Å². The average Bonchev–Trinajstić information content (AvgIpc) is 3.54. The van der Waals surface area contributed by atoms with Crippen molar-refractivity contribution in [3.8, 4) is 5.95 Å². The van der Waals surface area contributed by atoms with E-state index in [0.717, 1.165) is 55.9 Å². The minimum atomic E-state index is -0.0789. The highest BCUT2D eigenvalue weighted by Gasteiger charge is 2.40. The number of amidine groups is 1. The minimum absolute atomic E-state index is 0.0789. The van der Waals surface area contributed by atoms with Gasteiger partial charge in [0, 0.05) is 18.4 Å². The third-order valence-corrected chi connectivity index (χ3v) is 6.57. The zero-order valence-electron chi connectivity index (χ0n) is 17.4. The number of hydrogen-bond donors (Lipinski definition) is 2. The first-order chi connectivity index (χ1) is 14.7. The molecule has 2 aliphatic carbocycles. The quantitative estimate of drug-likeness (QED) is 0.576. The Bertz CT molecular complexity index is 1000. The molecule has 30 heavy (non-hydrogen) atoms. The number of rotatable bonds is 5. The van der Waals surface area contributed by atoms with Crippen molar-refractivity contribution in [1.82, 2.24) is 19.5 Å². The molecule has 0 saturated heterocycles. The van der Waals surface area contributed by atoms with Crippen molar-refractivity contribution >= 4 is 29.3 Å². The molecule has 3 heterocycles. The van der Waals surface area contributed by atoms with Gasteiger partial charge in [-0.15, -0.1) is 0 Å². The molecule has 2 aromatic heterocycles. The van der Waals surface area contributed by atoms with Crippen LogP contribution >= 0.6 is 0 Å². The largest absolute Gasteiger partial charge is 0.342 e. The number of hydrogen-bond acceptors (Lipinski definition) is 6. The summed E-state index contributed by atoms with van der Waals surface area (Å²) in [5, 5.41) is 16.6. The third-order valence-electron chi connectivity index (χ3n) is 6.57. The van der Waals surface area contributed by atoms with Crippen molar-refractivity contribution in [3.05, 3.63) is 30.5 Å². The number of imidazole rings is 1. The lowest BCUT2D eigenvalue weighted by Crippen LogP contribution is -2.56. The highest BCUT2D eigenvalue weighted by molar-refractivity contribution is 6.16. The molecule has 8 nitrogen and oxygen atoms in total. The Morgan fingerprint density at radius 1 is 1.20 bits per heavy atom. The fourth-order valence-electron chi connectivity index (χ4n) is 5.12. The molecule has 0 spiro atoms. The molecule has 0 radical (unpaired) electrons. The number of anilines is 2. The summed E-state index contributed by atoms with van der Waals surface area (Å²) in [6.45, 7) is 2.11. The van der Waals surface area contributed by atoms with Crippen LogP contribution in [0.1, 0.15) is 64.1 Å². The monoisotopic (exact) mass is 404 g/mol. The standard InChI is InChI=1S/C22H28N8/c1-2-17-19(24)29(14-23)18-13-26-22(27-21(18)30(17)16-9-5-6-10-16)28-12-11-25-20(28)15-7-3-4-8-15/h7,11-14,16-17,23-24H,2-6,8-10H2,1H3. The van der Waals surface area contributed by atoms with Gasteiger partial charge in [-0.1, -0.05) is 25.8 Å². The lowest BCUT2D eigenvalue weighted by Gasteiger charge is -2.44. The first-order valence-corrected chi connectivity index (χ1v) is 11.0. The summed E-state index contributed by atoms with van der Waals surface area (Å²) in [7, 11) is 0. The van der Waals surface area contributed by atoms with E-state index in [-0.39, 0.29) is 6.04 Å². The first kappa shape index (κ1) is 19.0. The smallest absolute Gasteiger partial charge is 0.237 e. The molecule has 1 aliphatic heterocycles. The molecule has 0 aromatic carbocycles. The Kier molecular flexibility index (Phi) is 4.84. The van der Waals surface area contributed by atoms with E-state index in [1.165, 1.54) is 24.8 Å². The highest BCUT2D eigenvalue weighted by atomic mass is 15.4. The van der Waals surface area contributed by atoms with Gasteiger partial charge in [-0.25, -0.2) is 9.97 Å². The van der Waals surface area contributed by atoms with E-state index in [0.29, 0.717) is 17.8 Å². The molecule has 1 atom stereocenters. The summed E-state index contributed by atoms with van der Waals surface area (Å²) in [4.78, 5) is 18.2. The Labute approximate surface area is 176 Å². The predicted molar refractivity (Wildman–Crippen MR) is 119 cm³/mol. The summed E-state index contributed by atoms with van der Waals surface area (Å²) in [5.41, 5.74) is 1.97. The van der Waals surface area contributed by atoms with Crippen LogP contribution in [-0.4, -0.2) is 43.8 Å². The molecule has 156 valence electrons. The summed E-state index contributed by atoms with van der Waals surface area (Å²) in [5.74, 6) is 2.78. The van der Waals surface area contributed by atoms with Crippen molar-refractivity contribution in [1.29, 1.82) is 10.8 Å². The van der Waals surface area contributed by atoms with E-state index in [9.17, 15) is 0 Å². The second-order valence-corrected chi connectivity index (χ2v) is 8.28. The van der Waals surface area contributed by atoms with Crippen LogP contribution in [0.15, 0.2) is 24.7 Å². The SMILES string of the molecule is CCC1C(=N)N(C=N)c2cnc(-n3ccnc3C3=CCCC3)nc2N1C1CCCC1. The molecular formula is C22H28N8. The second kappa shape index (κ2) is 7.66. The van der Waals surface area contributed by atoms with Crippen LogP contribution in [0.2, 0.25) is 0 Å². The Morgan fingerprint density at radius 2 is 2.03 bits per heavy atom. The van der Waals surface area contributed by atoms with Gasteiger partial charge in [0.15, 0.2) is 5.82 Å². The predicted octanol–water partition coefficient (Wildman–Crippen LogP) is 4.16. The highest BCUT2D eigenvalue weighted by Crippen LogP contribution is 2.40. The maximum Gasteiger partial charge on any atom is 0.237 e. The lowest BCUT2D eigenvalue weighted by molar-refractivity contribution is 0.547. The summed E-state index contributed by atoms with van der Waals surface area (Å²) >= 11 is 0. The van der Waals surface area contributed by atoms with E-state index in [2.05, 4.69) is 27.9 Å². The van der Waals surface area contributed by atoms with Gasteiger partial charge in [0.05, 0.1) is 18.6 Å². The van der Waals surface area contributed by atoms with Crippen molar-refractivity contribution in [2.75, 3.05) is 9.80 Å². The zero-order chi connectivity index (χ0) is 20.7. The molecule has 2 N–H and O–H groups in total. The fourth-order valence-corrected chi connectivity index (χ4v) is 5.12. The maximum absolute atomic E-state index is 8.72. The van der Waals surface area contributed by atoms with Crippen LogP contribution in [0.4, 0.5) is 11.5 Å². The molecule has 0 bridgehead atoms. The van der Waals surface area contributed by atoms with Crippen LogP contribution in [-0.2, 0) is 0 Å². The second-order valence-electron chi connectivity index (χ2n) is 8.28. The Morgan fingerprint density at radius 3 is 2.73 bits per heavy atom. The third kappa shape index (κ3) is 2.93. The van der Waals surface area contributed by atoms with Gasteiger partial charge in [-0.3, -0.25) is 20.3 Å². The van der Waals surface area contributed by atoms with E-state index in [4.69, 9.17) is 15.8 Å². The average molecular weight is 405 g/mol. The normalized spacial score (nSPS) is 21.8. The minimum Gasteiger partial charge on any atom is -0.342 e. The molecular weight excluding hydrogens is 376 g/mol. The van der Waals surface area contributed by atoms with Gasteiger partial charge in [0.2, 0.25) is 5.95 Å². The van der Waals surface area contributed by atoms with Gasteiger partial charge in [0.25, 0.3) is 0 Å². The Hall–Kier alpha value is -3.03. The molecule has 3 aliphatic rings. The van der Waals surface area contributed by atoms with Crippen molar-refractivity contribution in [2.45, 2.75) is 70.4 Å². The van der Waals surface area contributed by atoms with E-state index >= 15 is 0 Å². The van der Waals surface area contributed by atoms with Crippen LogP contribution in [0, 0.1) is 10.8 Å². The molecule has 0 amide bonds. The van der Waals surface area contributed by atoms with Gasteiger partial charge in [-0.2, -0.15) is 4.98 Å². The number of nitrogens with one attached hydrogen (secondary N) is 2. The van der Waals surface area contributed by atoms with Crippen LogP contribution in [0.25, 0.3) is 11.5 Å². The topological polar surface area (TPSA) is 97.8 Å². The summed E-state index contributed by atoms with van der Waals surface area (Å²) < 4.78 is 1.97. The molecule has 2 aromatic rings. The van der Waals surface area contributed by atoms with Crippen molar-refractivity contribution < 1.29 is 0 Å². The van der Waals surface area contributed by atoms with Crippen LogP contribution in [0.3, 0.4) is 0 Å². The molecule has 1 saturated carbocycles.